The molecule has 0 spiro atoms. The average Bonchev–Trinajstić information content (AvgIpc) is 2.99. The summed E-state index contributed by atoms with van der Waals surface area (Å²) in [6.07, 6.45) is 2.31. The molecule has 0 saturated carbocycles. The van der Waals surface area contributed by atoms with Gasteiger partial charge in [0.2, 0.25) is 0 Å². The van der Waals surface area contributed by atoms with E-state index in [0.717, 1.165) is 24.5 Å². The third-order valence-corrected chi connectivity index (χ3v) is 6.90. The first-order valence-electron chi connectivity index (χ1n) is 9.79. The molecule has 26 heavy (non-hydrogen) atoms. The minimum Gasteiger partial charge on any atom is -0.371 e. The third kappa shape index (κ3) is 2.60. The highest BCUT2D eigenvalue weighted by Gasteiger charge is 2.44. The van der Waals surface area contributed by atoms with Gasteiger partial charge in [-0.05, 0) is 36.1 Å². The second kappa shape index (κ2) is 6.47. The van der Waals surface area contributed by atoms with Crippen molar-refractivity contribution < 1.29 is 0 Å². The summed E-state index contributed by atoms with van der Waals surface area (Å²) in [6, 6.07) is 15.9. The molecule has 0 aliphatic carbocycles. The number of piperidine rings is 1. The molecule has 0 bridgehead atoms. The summed E-state index contributed by atoms with van der Waals surface area (Å²) < 4.78 is 0. The van der Waals surface area contributed by atoms with Crippen LogP contribution >= 0.6 is 11.6 Å². The van der Waals surface area contributed by atoms with E-state index in [2.05, 4.69) is 52.1 Å². The van der Waals surface area contributed by atoms with Crippen molar-refractivity contribution in [2.24, 2.45) is 0 Å². The van der Waals surface area contributed by atoms with Crippen LogP contribution in [-0.2, 0) is 6.42 Å². The molecule has 5 rings (SSSR count). The lowest BCUT2D eigenvalue weighted by Crippen LogP contribution is -2.49. The van der Waals surface area contributed by atoms with Crippen LogP contribution in [0.2, 0.25) is 5.02 Å². The molecule has 3 heterocycles. The van der Waals surface area contributed by atoms with Gasteiger partial charge in [-0.25, -0.2) is 0 Å². The molecule has 136 valence electrons. The molecule has 0 amide bonds. The lowest BCUT2D eigenvalue weighted by atomic mass is 9.89. The number of para-hydroxylation sites is 1. The Kier molecular flexibility index (Phi) is 4.10. The zero-order valence-corrected chi connectivity index (χ0v) is 16.1. The molecule has 0 aromatic heterocycles. The van der Waals surface area contributed by atoms with Crippen LogP contribution in [0.4, 0.5) is 11.4 Å². The van der Waals surface area contributed by atoms with Gasteiger partial charge in [-0.2, -0.15) is 0 Å². The van der Waals surface area contributed by atoms with Crippen LogP contribution < -0.4 is 9.80 Å². The smallest absolute Gasteiger partial charge is 0.0644 e. The van der Waals surface area contributed by atoms with Crippen molar-refractivity contribution in [2.45, 2.75) is 24.8 Å². The first kappa shape index (κ1) is 16.5. The summed E-state index contributed by atoms with van der Waals surface area (Å²) in [5, 5.41) is 0.901. The Morgan fingerprint density at radius 2 is 1.92 bits per heavy atom. The van der Waals surface area contributed by atoms with Crippen molar-refractivity contribution in [3.05, 3.63) is 58.6 Å². The van der Waals surface area contributed by atoms with Crippen molar-refractivity contribution in [1.29, 1.82) is 0 Å². The minimum atomic E-state index is 0.649. The van der Waals surface area contributed by atoms with Crippen LogP contribution in [0.3, 0.4) is 0 Å². The summed E-state index contributed by atoms with van der Waals surface area (Å²) in [5.74, 6) is 0.649. The van der Waals surface area contributed by atoms with Crippen LogP contribution in [0.5, 0.6) is 0 Å². The van der Waals surface area contributed by atoms with Gasteiger partial charge in [0.25, 0.3) is 0 Å². The van der Waals surface area contributed by atoms with Crippen molar-refractivity contribution in [3.63, 3.8) is 0 Å². The van der Waals surface area contributed by atoms with E-state index < -0.39 is 0 Å². The minimum absolute atomic E-state index is 0.649. The zero-order valence-electron chi connectivity index (χ0n) is 15.4. The fourth-order valence-corrected chi connectivity index (χ4v) is 5.39. The van der Waals surface area contributed by atoms with Gasteiger partial charge in [0.15, 0.2) is 0 Å². The molecule has 1 saturated heterocycles. The molecule has 2 aromatic rings. The van der Waals surface area contributed by atoms with E-state index in [9.17, 15) is 0 Å². The number of likely N-dealkylation sites (tertiary alicyclic amines) is 1. The van der Waals surface area contributed by atoms with E-state index in [4.69, 9.17) is 11.6 Å². The normalized spacial score (nSPS) is 24.5. The molecule has 3 aliphatic heterocycles. The van der Waals surface area contributed by atoms with Gasteiger partial charge in [0.1, 0.15) is 0 Å². The van der Waals surface area contributed by atoms with Gasteiger partial charge >= 0.3 is 0 Å². The monoisotopic (exact) mass is 367 g/mol. The van der Waals surface area contributed by atoms with Crippen LogP contribution in [0, 0.1) is 0 Å². The topological polar surface area (TPSA) is 9.72 Å². The van der Waals surface area contributed by atoms with E-state index in [0.29, 0.717) is 12.0 Å². The average molecular weight is 368 g/mol. The van der Waals surface area contributed by atoms with Crippen LogP contribution in [0.25, 0.3) is 0 Å². The number of fused-ring (bicyclic) bond motifs is 3. The summed E-state index contributed by atoms with van der Waals surface area (Å²) >= 11 is 6.34. The molecule has 3 nitrogen and oxygen atoms in total. The van der Waals surface area contributed by atoms with E-state index >= 15 is 0 Å². The van der Waals surface area contributed by atoms with Crippen molar-refractivity contribution >= 4 is 23.0 Å². The summed E-state index contributed by atoms with van der Waals surface area (Å²) in [6.45, 7) is 5.77. The van der Waals surface area contributed by atoms with E-state index in [1.165, 1.54) is 43.0 Å². The molecule has 0 unspecified atom stereocenters. The number of halogens is 1. The highest BCUT2D eigenvalue weighted by Crippen LogP contribution is 2.50. The Bertz CT molecular complexity index is 821. The van der Waals surface area contributed by atoms with Crippen molar-refractivity contribution in [3.8, 4) is 0 Å². The van der Waals surface area contributed by atoms with E-state index in [-0.39, 0.29) is 0 Å². The number of rotatable bonds is 3. The van der Waals surface area contributed by atoms with E-state index in [1.54, 1.807) is 5.56 Å². The molecule has 2 atom stereocenters. The van der Waals surface area contributed by atoms with Gasteiger partial charge in [0, 0.05) is 56.8 Å². The highest BCUT2D eigenvalue weighted by atomic mass is 35.5. The van der Waals surface area contributed by atoms with Crippen LogP contribution in [0.1, 0.15) is 23.5 Å². The van der Waals surface area contributed by atoms with Crippen molar-refractivity contribution in [2.75, 3.05) is 49.6 Å². The zero-order chi connectivity index (χ0) is 17.7. The fourth-order valence-electron chi connectivity index (χ4n) is 5.16. The van der Waals surface area contributed by atoms with Gasteiger partial charge in [-0.1, -0.05) is 41.9 Å². The second-order valence-electron chi connectivity index (χ2n) is 7.93. The Morgan fingerprint density at radius 3 is 2.81 bits per heavy atom. The molecule has 4 heteroatoms. The number of hydrogen-bond donors (Lipinski definition) is 0. The SMILES string of the molecule is CN1CCN2c3c(cccc31)[C@@H]1CN(CCc3ccccc3Cl)CC[C@@H]12. The quantitative estimate of drug-likeness (QED) is 0.811. The van der Waals surface area contributed by atoms with Gasteiger partial charge in [-0.15, -0.1) is 0 Å². The highest BCUT2D eigenvalue weighted by molar-refractivity contribution is 6.31. The van der Waals surface area contributed by atoms with E-state index in [1.807, 2.05) is 12.1 Å². The maximum atomic E-state index is 6.34. The molecule has 3 aliphatic rings. The number of likely N-dealkylation sites (N-methyl/N-ethyl adjacent to an activating group) is 1. The Labute approximate surface area is 161 Å². The largest absolute Gasteiger partial charge is 0.371 e. The van der Waals surface area contributed by atoms with Gasteiger partial charge in [0.05, 0.1) is 11.4 Å². The lowest BCUT2D eigenvalue weighted by Gasteiger charge is -2.41. The predicted octanol–water partition coefficient (Wildman–Crippen LogP) is 4.01. The molecular formula is C22H26ClN3. The molecular weight excluding hydrogens is 342 g/mol. The maximum absolute atomic E-state index is 6.34. The van der Waals surface area contributed by atoms with Crippen LogP contribution in [-0.4, -0.2) is 50.7 Å². The summed E-state index contributed by atoms with van der Waals surface area (Å²) in [5.41, 5.74) is 5.78. The van der Waals surface area contributed by atoms with Crippen molar-refractivity contribution in [1.82, 2.24) is 4.90 Å². The Hall–Kier alpha value is -1.71. The molecule has 0 N–H and O–H groups in total. The van der Waals surface area contributed by atoms with Gasteiger partial charge in [-0.3, -0.25) is 0 Å². The Balaban J connectivity index is 1.35. The first-order valence-corrected chi connectivity index (χ1v) is 10.2. The number of nitrogens with zero attached hydrogens (tertiary/aromatic N) is 3. The molecule has 0 radical (unpaired) electrons. The Morgan fingerprint density at radius 1 is 1.04 bits per heavy atom. The fraction of sp³-hybridized carbons (Fsp3) is 0.455. The standard InChI is InChI=1S/C22H26ClN3/c1-24-13-14-26-20-10-12-25(11-9-16-5-2-3-7-19(16)23)15-18(20)17-6-4-8-21(24)22(17)26/h2-8,18,20H,9-15H2,1H3/t18-,20-/m0/s1. The third-order valence-electron chi connectivity index (χ3n) is 6.54. The molecule has 1 fully saturated rings. The summed E-state index contributed by atoms with van der Waals surface area (Å²) in [4.78, 5) is 7.77. The number of anilines is 2. The number of benzene rings is 2. The van der Waals surface area contributed by atoms with Crippen LogP contribution in [0.15, 0.2) is 42.5 Å². The predicted molar refractivity (Wildman–Crippen MR) is 110 cm³/mol. The van der Waals surface area contributed by atoms with Gasteiger partial charge < -0.3 is 14.7 Å². The second-order valence-corrected chi connectivity index (χ2v) is 8.34. The number of hydrogen-bond acceptors (Lipinski definition) is 3. The summed E-state index contributed by atoms with van der Waals surface area (Å²) in [7, 11) is 2.23. The first-order chi connectivity index (χ1) is 12.7. The molecule has 2 aromatic carbocycles. The maximum Gasteiger partial charge on any atom is 0.0644 e. The lowest BCUT2D eigenvalue weighted by molar-refractivity contribution is 0.195.